The van der Waals surface area contributed by atoms with E-state index < -0.39 is 11.8 Å². The van der Waals surface area contributed by atoms with Crippen molar-refractivity contribution in [2.75, 3.05) is 38.5 Å². The summed E-state index contributed by atoms with van der Waals surface area (Å²) in [4.78, 5) is 34.3. The summed E-state index contributed by atoms with van der Waals surface area (Å²) in [5.41, 5.74) is 3.50. The number of carbonyl (C=O) groups is 2. The first-order valence-corrected chi connectivity index (χ1v) is 10.7. The molecule has 1 aliphatic rings. The molecule has 4 rings (SSSR count). The second-order valence-electron chi connectivity index (χ2n) is 7.94. The van der Waals surface area contributed by atoms with Crippen molar-refractivity contribution in [2.45, 2.75) is 6.54 Å². The lowest BCUT2D eigenvalue weighted by atomic mass is 10.0. The lowest BCUT2D eigenvalue weighted by molar-refractivity contribution is -0.137. The van der Waals surface area contributed by atoms with Crippen LogP contribution in [-0.2, 0) is 16.1 Å². The highest BCUT2D eigenvalue weighted by molar-refractivity contribution is 6.36. The predicted molar refractivity (Wildman–Crippen MR) is 131 cm³/mol. The Hall–Kier alpha value is -4.33. The van der Waals surface area contributed by atoms with Crippen LogP contribution in [0.25, 0.3) is 5.57 Å². The number of benzene rings is 2. The Morgan fingerprint density at radius 2 is 1.68 bits per heavy atom. The number of nitrogens with one attached hydrogen (secondary N) is 1. The maximum Gasteiger partial charge on any atom is 0.278 e. The quantitative estimate of drug-likeness (QED) is 0.517. The number of methoxy groups -OCH3 is 2. The summed E-state index contributed by atoms with van der Waals surface area (Å²) in [5.74, 6) is 0.196. The van der Waals surface area contributed by atoms with E-state index >= 15 is 0 Å². The lowest BCUT2D eigenvalue weighted by Gasteiger charge is -2.16. The van der Waals surface area contributed by atoms with Gasteiger partial charge in [-0.1, -0.05) is 12.1 Å². The van der Waals surface area contributed by atoms with Crippen LogP contribution in [0.2, 0.25) is 0 Å². The summed E-state index contributed by atoms with van der Waals surface area (Å²) in [5, 5.41) is 3.18. The molecule has 8 heteroatoms. The van der Waals surface area contributed by atoms with Gasteiger partial charge in [0.1, 0.15) is 5.70 Å². The van der Waals surface area contributed by atoms with Crippen molar-refractivity contribution < 1.29 is 19.1 Å². The molecule has 0 radical (unpaired) electrons. The number of hydrogen-bond acceptors (Lipinski definition) is 7. The fourth-order valence-corrected chi connectivity index (χ4v) is 3.76. The number of hydrogen-bond donors (Lipinski definition) is 1. The second kappa shape index (κ2) is 9.66. The topological polar surface area (TPSA) is 84.0 Å². The van der Waals surface area contributed by atoms with Gasteiger partial charge in [-0.2, -0.15) is 0 Å². The van der Waals surface area contributed by atoms with Crippen LogP contribution < -0.4 is 19.7 Å². The Morgan fingerprint density at radius 1 is 0.941 bits per heavy atom. The molecule has 8 nitrogen and oxygen atoms in total. The van der Waals surface area contributed by atoms with Crippen LogP contribution >= 0.6 is 0 Å². The van der Waals surface area contributed by atoms with Gasteiger partial charge < -0.3 is 19.7 Å². The van der Waals surface area contributed by atoms with E-state index in [9.17, 15) is 9.59 Å². The Bertz CT molecular complexity index is 1240. The number of anilines is 2. The third-order valence-electron chi connectivity index (χ3n) is 5.56. The van der Waals surface area contributed by atoms with Gasteiger partial charge in [0, 0.05) is 37.9 Å². The fourth-order valence-electron chi connectivity index (χ4n) is 3.76. The van der Waals surface area contributed by atoms with E-state index in [2.05, 4.69) is 10.3 Å². The lowest BCUT2D eigenvalue weighted by Crippen LogP contribution is -2.32. The van der Waals surface area contributed by atoms with Crippen LogP contribution in [-0.4, -0.2) is 50.0 Å². The third kappa shape index (κ3) is 4.43. The maximum atomic E-state index is 13.5. The van der Waals surface area contributed by atoms with Gasteiger partial charge in [0.05, 0.1) is 26.3 Å². The number of pyridine rings is 1. The molecular weight excluding hydrogens is 432 g/mol. The minimum absolute atomic E-state index is 0.118. The SMILES string of the molecule is COc1ccc(C2=C(Nc3ccc(N(C)C)cc3)C(=O)N(Cc3cccnc3)C2=O)cc1OC. The number of ether oxygens (including phenoxy) is 2. The number of carbonyl (C=O) groups excluding carboxylic acids is 2. The molecule has 0 atom stereocenters. The zero-order valence-electron chi connectivity index (χ0n) is 19.5. The van der Waals surface area contributed by atoms with E-state index in [1.54, 1.807) is 43.8 Å². The molecule has 0 saturated heterocycles. The summed E-state index contributed by atoms with van der Waals surface area (Å²) in [6, 6.07) is 16.4. The van der Waals surface area contributed by atoms with Crippen LogP contribution in [0.15, 0.2) is 72.7 Å². The highest BCUT2D eigenvalue weighted by Gasteiger charge is 2.39. The van der Waals surface area contributed by atoms with Gasteiger partial charge >= 0.3 is 0 Å². The molecule has 1 aromatic heterocycles. The monoisotopic (exact) mass is 458 g/mol. The van der Waals surface area contributed by atoms with Gasteiger partial charge in [0.25, 0.3) is 11.8 Å². The zero-order chi connectivity index (χ0) is 24.2. The molecule has 2 amide bonds. The molecule has 0 unspecified atom stereocenters. The van der Waals surface area contributed by atoms with Gasteiger partial charge in [0.2, 0.25) is 0 Å². The Kier molecular flexibility index (Phi) is 6.49. The average Bonchev–Trinajstić information content (AvgIpc) is 3.08. The Balaban J connectivity index is 1.76. The van der Waals surface area contributed by atoms with Crippen molar-refractivity contribution in [2.24, 2.45) is 0 Å². The van der Waals surface area contributed by atoms with Gasteiger partial charge in [0.15, 0.2) is 11.5 Å². The summed E-state index contributed by atoms with van der Waals surface area (Å²) < 4.78 is 10.7. The van der Waals surface area contributed by atoms with E-state index in [0.29, 0.717) is 22.7 Å². The average molecular weight is 459 g/mol. The molecule has 174 valence electrons. The third-order valence-corrected chi connectivity index (χ3v) is 5.56. The standard InChI is InChI=1S/C26H26N4O4/c1-29(2)20-10-8-19(9-11-20)28-24-23(18-7-12-21(33-3)22(14-18)34-4)25(31)30(26(24)32)16-17-6-5-13-27-15-17/h5-15,28H,16H2,1-4H3. The van der Waals surface area contributed by atoms with E-state index in [0.717, 1.165) is 11.3 Å². The van der Waals surface area contributed by atoms with Gasteiger partial charge in [-0.25, -0.2) is 0 Å². The Labute approximate surface area is 198 Å². The van der Waals surface area contributed by atoms with Crippen LogP contribution in [0.1, 0.15) is 11.1 Å². The molecule has 34 heavy (non-hydrogen) atoms. The minimum Gasteiger partial charge on any atom is -0.493 e. The smallest absolute Gasteiger partial charge is 0.278 e. The molecule has 0 aliphatic carbocycles. The van der Waals surface area contributed by atoms with Gasteiger partial charge in [-0.05, 0) is 53.6 Å². The molecule has 2 heterocycles. The number of nitrogens with zero attached hydrogens (tertiary/aromatic N) is 3. The first kappa shape index (κ1) is 22.8. The molecule has 1 N–H and O–H groups in total. The number of imide groups is 1. The second-order valence-corrected chi connectivity index (χ2v) is 7.94. The van der Waals surface area contributed by atoms with Crippen molar-refractivity contribution in [3.63, 3.8) is 0 Å². The minimum atomic E-state index is -0.407. The zero-order valence-corrected chi connectivity index (χ0v) is 19.5. The van der Waals surface area contributed by atoms with E-state index in [1.165, 1.54) is 12.0 Å². The van der Waals surface area contributed by atoms with Crippen molar-refractivity contribution in [1.82, 2.24) is 9.88 Å². The highest BCUT2D eigenvalue weighted by atomic mass is 16.5. The first-order chi connectivity index (χ1) is 16.4. The molecular formula is C26H26N4O4. The Morgan fingerprint density at radius 3 is 2.29 bits per heavy atom. The predicted octanol–water partition coefficient (Wildman–Crippen LogP) is 3.56. The summed E-state index contributed by atoms with van der Waals surface area (Å²) in [6.07, 6.45) is 3.29. The largest absolute Gasteiger partial charge is 0.493 e. The van der Waals surface area contributed by atoms with Crippen LogP contribution in [0.5, 0.6) is 11.5 Å². The van der Waals surface area contributed by atoms with Crippen molar-refractivity contribution in [3.8, 4) is 11.5 Å². The number of rotatable bonds is 8. The summed E-state index contributed by atoms with van der Waals surface area (Å²) in [7, 11) is 6.98. The first-order valence-electron chi connectivity index (χ1n) is 10.7. The highest BCUT2D eigenvalue weighted by Crippen LogP contribution is 2.36. The van der Waals surface area contributed by atoms with Crippen LogP contribution in [0.4, 0.5) is 11.4 Å². The molecule has 0 saturated carbocycles. The van der Waals surface area contributed by atoms with Gasteiger partial charge in [-0.3, -0.25) is 19.5 Å². The van der Waals surface area contributed by atoms with E-state index in [-0.39, 0.29) is 17.8 Å². The van der Waals surface area contributed by atoms with Crippen molar-refractivity contribution in [3.05, 3.63) is 83.8 Å². The molecule has 0 spiro atoms. The number of aromatic nitrogens is 1. The van der Waals surface area contributed by atoms with Crippen molar-refractivity contribution in [1.29, 1.82) is 0 Å². The maximum absolute atomic E-state index is 13.5. The fraction of sp³-hybridized carbons (Fsp3) is 0.192. The van der Waals surface area contributed by atoms with E-state index in [4.69, 9.17) is 9.47 Å². The molecule has 0 bridgehead atoms. The molecule has 1 aliphatic heterocycles. The van der Waals surface area contributed by atoms with Gasteiger partial charge in [-0.15, -0.1) is 0 Å². The summed E-state index contributed by atoms with van der Waals surface area (Å²) >= 11 is 0. The normalized spacial score (nSPS) is 13.4. The van der Waals surface area contributed by atoms with Crippen LogP contribution in [0, 0.1) is 0 Å². The van der Waals surface area contributed by atoms with Crippen molar-refractivity contribution >= 4 is 28.8 Å². The molecule has 2 aromatic carbocycles. The van der Waals surface area contributed by atoms with E-state index in [1.807, 2.05) is 49.3 Å². The van der Waals surface area contributed by atoms with Crippen LogP contribution in [0.3, 0.4) is 0 Å². The number of amides is 2. The summed E-state index contributed by atoms with van der Waals surface area (Å²) in [6.45, 7) is 0.118. The molecule has 3 aromatic rings. The molecule has 0 fully saturated rings.